The standard InChI is InChI=1S/C13H23N3O/c1-12(14)11-13-3-2-4-16(13)6-5-15-7-9-17-10-8-15/h2-4,12H,5-11,14H2,1H3. The summed E-state index contributed by atoms with van der Waals surface area (Å²) in [5.74, 6) is 0. The van der Waals surface area contributed by atoms with Gasteiger partial charge in [-0.05, 0) is 19.1 Å². The molecule has 1 aliphatic heterocycles. The number of hydrogen-bond acceptors (Lipinski definition) is 3. The summed E-state index contributed by atoms with van der Waals surface area (Å²) in [6, 6.07) is 4.51. The predicted molar refractivity (Wildman–Crippen MR) is 69.0 cm³/mol. The summed E-state index contributed by atoms with van der Waals surface area (Å²) in [5.41, 5.74) is 7.19. The minimum Gasteiger partial charge on any atom is -0.379 e. The second-order valence-corrected chi connectivity index (χ2v) is 4.83. The third kappa shape index (κ3) is 3.84. The van der Waals surface area contributed by atoms with E-state index in [9.17, 15) is 0 Å². The van der Waals surface area contributed by atoms with Crippen molar-refractivity contribution in [2.24, 2.45) is 5.73 Å². The minimum absolute atomic E-state index is 0.229. The van der Waals surface area contributed by atoms with Crippen LogP contribution in [0, 0.1) is 0 Å². The molecule has 2 rings (SSSR count). The van der Waals surface area contributed by atoms with E-state index >= 15 is 0 Å². The molecule has 0 spiro atoms. The third-order valence-electron chi connectivity index (χ3n) is 3.22. The lowest BCUT2D eigenvalue weighted by Gasteiger charge is -2.27. The van der Waals surface area contributed by atoms with Gasteiger partial charge in [-0.2, -0.15) is 0 Å². The van der Waals surface area contributed by atoms with Gasteiger partial charge >= 0.3 is 0 Å². The SMILES string of the molecule is CC(N)Cc1cccn1CCN1CCOCC1. The maximum Gasteiger partial charge on any atom is 0.0594 e. The van der Waals surface area contributed by atoms with E-state index in [-0.39, 0.29) is 6.04 Å². The Morgan fingerprint density at radius 3 is 2.82 bits per heavy atom. The summed E-state index contributed by atoms with van der Waals surface area (Å²) in [4.78, 5) is 2.46. The predicted octanol–water partition coefficient (Wildman–Crippen LogP) is 0.710. The van der Waals surface area contributed by atoms with E-state index in [0.717, 1.165) is 45.8 Å². The van der Waals surface area contributed by atoms with Crippen molar-refractivity contribution >= 4 is 0 Å². The highest BCUT2D eigenvalue weighted by Crippen LogP contribution is 2.06. The second-order valence-electron chi connectivity index (χ2n) is 4.83. The van der Waals surface area contributed by atoms with Crippen molar-refractivity contribution in [1.29, 1.82) is 0 Å². The fourth-order valence-corrected chi connectivity index (χ4v) is 2.26. The van der Waals surface area contributed by atoms with E-state index in [0.29, 0.717) is 0 Å². The van der Waals surface area contributed by atoms with E-state index in [1.807, 2.05) is 0 Å². The summed E-state index contributed by atoms with van der Waals surface area (Å²) >= 11 is 0. The van der Waals surface area contributed by atoms with Crippen LogP contribution in [0.25, 0.3) is 0 Å². The molecular formula is C13H23N3O. The summed E-state index contributed by atoms with van der Waals surface area (Å²) < 4.78 is 7.67. The summed E-state index contributed by atoms with van der Waals surface area (Å²) in [6.45, 7) is 8.07. The largest absolute Gasteiger partial charge is 0.379 e. The lowest BCUT2D eigenvalue weighted by Crippen LogP contribution is -2.38. The molecule has 4 nitrogen and oxygen atoms in total. The fraction of sp³-hybridized carbons (Fsp3) is 0.692. The van der Waals surface area contributed by atoms with Gasteiger partial charge in [-0.25, -0.2) is 0 Å². The zero-order chi connectivity index (χ0) is 12.1. The van der Waals surface area contributed by atoms with Crippen LogP contribution >= 0.6 is 0 Å². The highest BCUT2D eigenvalue weighted by molar-refractivity contribution is 5.08. The van der Waals surface area contributed by atoms with Gasteiger partial charge in [0.1, 0.15) is 0 Å². The van der Waals surface area contributed by atoms with Crippen molar-refractivity contribution in [3.63, 3.8) is 0 Å². The molecular weight excluding hydrogens is 214 g/mol. The van der Waals surface area contributed by atoms with Gasteiger partial charge in [0.05, 0.1) is 13.2 Å². The van der Waals surface area contributed by atoms with Crippen LogP contribution in [0.1, 0.15) is 12.6 Å². The van der Waals surface area contributed by atoms with Gasteiger partial charge < -0.3 is 15.0 Å². The maximum atomic E-state index is 5.85. The number of ether oxygens (including phenoxy) is 1. The maximum absolute atomic E-state index is 5.85. The van der Waals surface area contributed by atoms with Gasteiger partial charge in [0.2, 0.25) is 0 Å². The van der Waals surface area contributed by atoms with E-state index in [1.54, 1.807) is 0 Å². The smallest absolute Gasteiger partial charge is 0.0594 e. The van der Waals surface area contributed by atoms with Crippen LogP contribution in [0.15, 0.2) is 18.3 Å². The van der Waals surface area contributed by atoms with Crippen molar-refractivity contribution in [2.45, 2.75) is 25.9 Å². The highest BCUT2D eigenvalue weighted by Gasteiger charge is 2.10. The molecule has 0 aromatic carbocycles. The van der Waals surface area contributed by atoms with Crippen molar-refractivity contribution in [3.8, 4) is 0 Å². The van der Waals surface area contributed by atoms with Crippen molar-refractivity contribution in [2.75, 3.05) is 32.8 Å². The monoisotopic (exact) mass is 237 g/mol. The number of nitrogens with zero attached hydrogens (tertiary/aromatic N) is 2. The zero-order valence-corrected chi connectivity index (χ0v) is 10.6. The molecule has 0 bridgehead atoms. The van der Waals surface area contributed by atoms with E-state index in [2.05, 4.69) is 34.7 Å². The van der Waals surface area contributed by atoms with Gasteiger partial charge in [0.15, 0.2) is 0 Å². The molecule has 2 N–H and O–H groups in total. The Balaban J connectivity index is 1.83. The normalized spacial score (nSPS) is 19.4. The number of morpholine rings is 1. The molecule has 1 atom stereocenters. The topological polar surface area (TPSA) is 43.4 Å². The Kier molecular flexibility index (Phi) is 4.59. The van der Waals surface area contributed by atoms with Gasteiger partial charge in [0, 0.05) is 50.5 Å². The quantitative estimate of drug-likeness (QED) is 0.820. The van der Waals surface area contributed by atoms with Gasteiger partial charge in [0.25, 0.3) is 0 Å². The Labute approximate surface area is 103 Å². The van der Waals surface area contributed by atoms with E-state index in [4.69, 9.17) is 10.5 Å². The molecule has 2 heterocycles. The molecule has 0 amide bonds. The molecule has 1 unspecified atom stereocenters. The molecule has 17 heavy (non-hydrogen) atoms. The zero-order valence-electron chi connectivity index (χ0n) is 10.6. The summed E-state index contributed by atoms with van der Waals surface area (Å²) in [7, 11) is 0. The molecule has 1 aliphatic rings. The van der Waals surface area contributed by atoms with Crippen LogP contribution in [-0.4, -0.2) is 48.4 Å². The molecule has 1 aromatic heterocycles. The van der Waals surface area contributed by atoms with Crippen LogP contribution in [-0.2, 0) is 17.7 Å². The molecule has 96 valence electrons. The average Bonchev–Trinajstić information content (AvgIpc) is 2.74. The summed E-state index contributed by atoms with van der Waals surface area (Å²) in [5, 5.41) is 0. The molecule has 0 saturated carbocycles. The Hall–Kier alpha value is -0.840. The van der Waals surface area contributed by atoms with Crippen molar-refractivity contribution in [1.82, 2.24) is 9.47 Å². The lowest BCUT2D eigenvalue weighted by molar-refractivity contribution is 0.0363. The van der Waals surface area contributed by atoms with E-state index in [1.165, 1.54) is 5.69 Å². The van der Waals surface area contributed by atoms with Crippen LogP contribution in [0.3, 0.4) is 0 Å². The minimum atomic E-state index is 0.229. The van der Waals surface area contributed by atoms with Crippen molar-refractivity contribution in [3.05, 3.63) is 24.0 Å². The molecule has 1 fully saturated rings. The second kappa shape index (κ2) is 6.19. The molecule has 4 heteroatoms. The van der Waals surface area contributed by atoms with Crippen LogP contribution < -0.4 is 5.73 Å². The first-order valence-corrected chi connectivity index (χ1v) is 6.45. The first-order chi connectivity index (χ1) is 8.25. The van der Waals surface area contributed by atoms with Gasteiger partial charge in [-0.1, -0.05) is 0 Å². The van der Waals surface area contributed by atoms with Crippen LogP contribution in [0.4, 0.5) is 0 Å². The fourth-order valence-electron chi connectivity index (χ4n) is 2.26. The average molecular weight is 237 g/mol. The Morgan fingerprint density at radius 2 is 2.12 bits per heavy atom. The van der Waals surface area contributed by atoms with Crippen molar-refractivity contribution < 1.29 is 4.74 Å². The highest BCUT2D eigenvalue weighted by atomic mass is 16.5. The lowest BCUT2D eigenvalue weighted by atomic mass is 10.2. The number of rotatable bonds is 5. The third-order valence-corrected chi connectivity index (χ3v) is 3.22. The Bertz CT molecular complexity index is 329. The first kappa shape index (κ1) is 12.6. The van der Waals surface area contributed by atoms with Gasteiger partial charge in [-0.15, -0.1) is 0 Å². The molecule has 0 radical (unpaired) electrons. The van der Waals surface area contributed by atoms with Crippen LogP contribution in [0.5, 0.6) is 0 Å². The molecule has 1 saturated heterocycles. The summed E-state index contributed by atoms with van der Waals surface area (Å²) in [6.07, 6.45) is 3.11. The molecule has 0 aliphatic carbocycles. The number of hydrogen-bond donors (Lipinski definition) is 1. The van der Waals surface area contributed by atoms with Gasteiger partial charge in [-0.3, -0.25) is 4.90 Å². The van der Waals surface area contributed by atoms with E-state index < -0.39 is 0 Å². The Morgan fingerprint density at radius 1 is 1.35 bits per heavy atom. The first-order valence-electron chi connectivity index (χ1n) is 6.45. The van der Waals surface area contributed by atoms with Crippen LogP contribution in [0.2, 0.25) is 0 Å². The number of aromatic nitrogens is 1. The molecule has 1 aromatic rings. The number of nitrogens with two attached hydrogens (primary N) is 1.